The number of hydrogen-bond acceptors (Lipinski definition) is 3. The van der Waals surface area contributed by atoms with Crippen molar-refractivity contribution in [1.29, 1.82) is 5.26 Å². The Labute approximate surface area is 99.2 Å². The lowest BCUT2D eigenvalue weighted by Crippen LogP contribution is -1.82. The summed E-state index contributed by atoms with van der Waals surface area (Å²) in [6.45, 7) is 4.17. The Morgan fingerprint density at radius 1 is 1.38 bits per heavy atom. The fourth-order valence-corrected chi connectivity index (χ4v) is 2.58. The molecule has 2 rings (SSSR count). The molecule has 0 aliphatic rings. The standard InChI is InChI=1S/C13H12N2S/c1-9-3-4-12(10(2)7-9)13-15-8-11(16-13)5-6-14/h3-4,7-8H,5H2,1-2H3. The monoisotopic (exact) mass is 228 g/mol. The number of aromatic nitrogens is 1. The second-order valence-electron chi connectivity index (χ2n) is 3.78. The van der Waals surface area contributed by atoms with E-state index in [4.69, 9.17) is 5.26 Å². The molecule has 0 atom stereocenters. The number of rotatable bonds is 2. The van der Waals surface area contributed by atoms with Gasteiger partial charge in [-0.25, -0.2) is 4.98 Å². The van der Waals surface area contributed by atoms with Crippen molar-refractivity contribution < 1.29 is 0 Å². The van der Waals surface area contributed by atoms with Gasteiger partial charge >= 0.3 is 0 Å². The third-order valence-electron chi connectivity index (χ3n) is 2.42. The quantitative estimate of drug-likeness (QED) is 0.788. The third kappa shape index (κ3) is 2.12. The molecule has 0 aliphatic carbocycles. The van der Waals surface area contributed by atoms with Gasteiger partial charge in [-0.05, 0) is 19.4 Å². The van der Waals surface area contributed by atoms with Gasteiger partial charge in [0.1, 0.15) is 5.01 Å². The number of benzene rings is 1. The van der Waals surface area contributed by atoms with Gasteiger partial charge in [0.05, 0.1) is 12.5 Å². The van der Waals surface area contributed by atoms with Crippen molar-refractivity contribution in [2.24, 2.45) is 0 Å². The van der Waals surface area contributed by atoms with E-state index >= 15 is 0 Å². The largest absolute Gasteiger partial charge is 0.244 e. The summed E-state index contributed by atoms with van der Waals surface area (Å²) in [5, 5.41) is 9.62. The van der Waals surface area contributed by atoms with E-state index in [1.807, 2.05) is 0 Å². The molecule has 0 bridgehead atoms. The summed E-state index contributed by atoms with van der Waals surface area (Å²) in [6, 6.07) is 8.48. The molecule has 2 nitrogen and oxygen atoms in total. The normalized spacial score (nSPS) is 10.1. The lowest BCUT2D eigenvalue weighted by Gasteiger charge is -2.02. The van der Waals surface area contributed by atoms with Gasteiger partial charge in [0.2, 0.25) is 0 Å². The Kier molecular flexibility index (Phi) is 3.02. The Hall–Kier alpha value is -1.66. The first-order chi connectivity index (χ1) is 7.70. The van der Waals surface area contributed by atoms with E-state index in [9.17, 15) is 0 Å². The Bertz CT molecular complexity index is 549. The van der Waals surface area contributed by atoms with Crippen molar-refractivity contribution in [2.75, 3.05) is 0 Å². The molecule has 80 valence electrons. The molecular formula is C13H12N2S. The zero-order valence-electron chi connectivity index (χ0n) is 9.32. The van der Waals surface area contributed by atoms with Crippen LogP contribution in [0.2, 0.25) is 0 Å². The van der Waals surface area contributed by atoms with E-state index in [0.717, 1.165) is 9.88 Å². The molecule has 0 saturated heterocycles. The Balaban J connectivity index is 2.39. The van der Waals surface area contributed by atoms with E-state index < -0.39 is 0 Å². The van der Waals surface area contributed by atoms with Crippen molar-refractivity contribution in [3.05, 3.63) is 40.4 Å². The van der Waals surface area contributed by atoms with Gasteiger partial charge in [-0.3, -0.25) is 0 Å². The molecule has 0 amide bonds. The SMILES string of the molecule is Cc1ccc(-c2ncc(CC#N)s2)c(C)c1. The number of hydrogen-bond donors (Lipinski definition) is 0. The molecule has 3 heteroatoms. The molecular weight excluding hydrogens is 216 g/mol. The number of nitrogens with zero attached hydrogens (tertiary/aromatic N) is 2. The summed E-state index contributed by atoms with van der Waals surface area (Å²) in [5.74, 6) is 0. The highest BCUT2D eigenvalue weighted by Crippen LogP contribution is 2.28. The van der Waals surface area contributed by atoms with Gasteiger partial charge in [0, 0.05) is 16.6 Å². The van der Waals surface area contributed by atoms with Crippen molar-refractivity contribution in [3.8, 4) is 16.6 Å². The molecule has 1 aromatic heterocycles. The smallest absolute Gasteiger partial charge is 0.123 e. The number of thiazole rings is 1. The Morgan fingerprint density at radius 2 is 2.19 bits per heavy atom. The topological polar surface area (TPSA) is 36.7 Å². The summed E-state index contributed by atoms with van der Waals surface area (Å²) in [7, 11) is 0. The summed E-state index contributed by atoms with van der Waals surface area (Å²) < 4.78 is 0. The van der Waals surface area contributed by atoms with Gasteiger partial charge in [0.15, 0.2) is 0 Å². The van der Waals surface area contributed by atoms with Gasteiger partial charge in [-0.2, -0.15) is 5.26 Å². The van der Waals surface area contributed by atoms with Gasteiger partial charge in [-0.1, -0.05) is 23.8 Å². The highest BCUT2D eigenvalue weighted by molar-refractivity contribution is 7.15. The van der Waals surface area contributed by atoms with Crippen LogP contribution in [0.15, 0.2) is 24.4 Å². The van der Waals surface area contributed by atoms with Crippen LogP contribution >= 0.6 is 11.3 Å². The predicted molar refractivity (Wildman–Crippen MR) is 66.3 cm³/mol. The fourth-order valence-electron chi connectivity index (χ4n) is 1.65. The van der Waals surface area contributed by atoms with E-state index in [0.29, 0.717) is 6.42 Å². The average Bonchev–Trinajstić information content (AvgIpc) is 2.67. The van der Waals surface area contributed by atoms with E-state index in [2.05, 4.69) is 43.1 Å². The molecule has 0 fully saturated rings. The maximum Gasteiger partial charge on any atom is 0.123 e. The van der Waals surface area contributed by atoms with Crippen molar-refractivity contribution >= 4 is 11.3 Å². The maximum atomic E-state index is 8.62. The van der Waals surface area contributed by atoms with Crippen LogP contribution in [0.3, 0.4) is 0 Å². The van der Waals surface area contributed by atoms with Gasteiger partial charge in [0.25, 0.3) is 0 Å². The zero-order valence-corrected chi connectivity index (χ0v) is 10.1. The third-order valence-corrected chi connectivity index (χ3v) is 3.45. The van der Waals surface area contributed by atoms with Crippen LogP contribution in [0.25, 0.3) is 10.6 Å². The number of aryl methyl sites for hydroxylation is 2. The molecule has 0 N–H and O–H groups in total. The molecule has 1 aromatic carbocycles. The van der Waals surface area contributed by atoms with Crippen molar-refractivity contribution in [3.63, 3.8) is 0 Å². The minimum atomic E-state index is 0.447. The molecule has 2 aromatic rings. The van der Waals surface area contributed by atoms with Crippen LogP contribution in [0.1, 0.15) is 16.0 Å². The molecule has 0 spiro atoms. The molecule has 0 radical (unpaired) electrons. The molecule has 1 heterocycles. The minimum Gasteiger partial charge on any atom is -0.244 e. The van der Waals surface area contributed by atoms with E-state index in [-0.39, 0.29) is 0 Å². The van der Waals surface area contributed by atoms with Crippen LogP contribution in [0.5, 0.6) is 0 Å². The maximum absolute atomic E-state index is 8.62. The van der Waals surface area contributed by atoms with Gasteiger partial charge < -0.3 is 0 Å². The first-order valence-electron chi connectivity index (χ1n) is 5.10. The lowest BCUT2D eigenvalue weighted by atomic mass is 10.1. The summed E-state index contributed by atoms with van der Waals surface area (Å²) in [5.41, 5.74) is 3.66. The first-order valence-corrected chi connectivity index (χ1v) is 5.91. The Morgan fingerprint density at radius 3 is 2.88 bits per heavy atom. The summed E-state index contributed by atoms with van der Waals surface area (Å²) in [4.78, 5) is 5.39. The predicted octanol–water partition coefficient (Wildman–Crippen LogP) is 3.49. The van der Waals surface area contributed by atoms with Crippen LogP contribution in [-0.4, -0.2) is 4.98 Å². The first kappa shape index (κ1) is 10.8. The number of nitriles is 1. The van der Waals surface area contributed by atoms with Crippen molar-refractivity contribution in [1.82, 2.24) is 4.98 Å². The van der Waals surface area contributed by atoms with Crippen LogP contribution in [0.4, 0.5) is 0 Å². The minimum absolute atomic E-state index is 0.447. The molecule has 0 unspecified atom stereocenters. The second kappa shape index (κ2) is 4.46. The second-order valence-corrected chi connectivity index (χ2v) is 4.90. The van der Waals surface area contributed by atoms with Crippen LogP contribution in [-0.2, 0) is 6.42 Å². The fraction of sp³-hybridized carbons (Fsp3) is 0.231. The lowest BCUT2D eigenvalue weighted by molar-refractivity contribution is 1.28. The van der Waals surface area contributed by atoms with E-state index in [1.165, 1.54) is 16.7 Å². The van der Waals surface area contributed by atoms with Crippen LogP contribution in [0, 0.1) is 25.2 Å². The molecule has 16 heavy (non-hydrogen) atoms. The summed E-state index contributed by atoms with van der Waals surface area (Å²) in [6.07, 6.45) is 2.24. The van der Waals surface area contributed by atoms with Crippen molar-refractivity contribution in [2.45, 2.75) is 20.3 Å². The summed E-state index contributed by atoms with van der Waals surface area (Å²) >= 11 is 1.60. The van der Waals surface area contributed by atoms with E-state index in [1.54, 1.807) is 17.5 Å². The highest BCUT2D eigenvalue weighted by Gasteiger charge is 2.07. The molecule has 0 saturated carbocycles. The highest BCUT2D eigenvalue weighted by atomic mass is 32.1. The zero-order chi connectivity index (χ0) is 11.5. The average molecular weight is 228 g/mol. The molecule has 0 aliphatic heterocycles. The van der Waals surface area contributed by atoms with Gasteiger partial charge in [-0.15, -0.1) is 11.3 Å². The van der Waals surface area contributed by atoms with Crippen LogP contribution < -0.4 is 0 Å².